The average molecular weight is 239 g/mol. The molecule has 1 aromatic rings. The second-order valence-corrected chi connectivity index (χ2v) is 3.80. The number of nitrogens with zero attached hydrogens (tertiary/aromatic N) is 3. The van der Waals surface area contributed by atoms with Crippen LogP contribution in [-0.2, 0) is 16.6 Å². The summed E-state index contributed by atoms with van der Waals surface area (Å²) in [5.41, 5.74) is 0.251. The predicted octanol–water partition coefficient (Wildman–Crippen LogP) is -0.654. The van der Waals surface area contributed by atoms with Crippen LogP contribution in [0.2, 0.25) is 0 Å². The van der Waals surface area contributed by atoms with E-state index in [-0.39, 0.29) is 24.8 Å². The van der Waals surface area contributed by atoms with Crippen LogP contribution in [0.1, 0.15) is 10.5 Å². The van der Waals surface area contributed by atoms with Gasteiger partial charge in [-0.15, -0.1) is 0 Å². The first-order chi connectivity index (χ1) is 8.09. The molecule has 17 heavy (non-hydrogen) atoms. The number of aromatic nitrogens is 2. The van der Waals surface area contributed by atoms with Crippen molar-refractivity contribution in [2.24, 2.45) is 7.05 Å². The molecule has 1 saturated heterocycles. The summed E-state index contributed by atoms with van der Waals surface area (Å²) in [6.45, 7) is 0.642. The number of aliphatic carboxylic acids is 1. The zero-order chi connectivity index (χ0) is 12.4. The Hall–Kier alpha value is -1.89. The average Bonchev–Trinajstić information content (AvgIpc) is 2.75. The molecule has 1 atom stereocenters. The molecule has 1 aromatic heterocycles. The Morgan fingerprint density at radius 2 is 2.35 bits per heavy atom. The lowest BCUT2D eigenvalue weighted by molar-refractivity contribution is -0.147. The molecule has 7 nitrogen and oxygen atoms in total. The maximum Gasteiger partial charge on any atom is 0.328 e. The fraction of sp³-hybridized carbons (Fsp3) is 0.500. The highest BCUT2D eigenvalue weighted by Gasteiger charge is 2.33. The van der Waals surface area contributed by atoms with E-state index in [1.54, 1.807) is 19.3 Å². The molecule has 0 spiro atoms. The summed E-state index contributed by atoms with van der Waals surface area (Å²) in [6, 6.07) is 0.634. The second kappa shape index (κ2) is 4.54. The van der Waals surface area contributed by atoms with Crippen LogP contribution in [-0.4, -0.2) is 57.5 Å². The Morgan fingerprint density at radius 1 is 1.59 bits per heavy atom. The van der Waals surface area contributed by atoms with E-state index in [4.69, 9.17) is 9.84 Å². The number of carbonyl (C=O) groups excluding carboxylic acids is 1. The summed E-state index contributed by atoms with van der Waals surface area (Å²) in [7, 11) is 1.70. The molecule has 1 unspecified atom stereocenters. The number of carboxylic acids is 1. The normalized spacial score (nSPS) is 20.3. The lowest BCUT2D eigenvalue weighted by atomic mass is 10.2. The lowest BCUT2D eigenvalue weighted by Gasteiger charge is -2.32. The van der Waals surface area contributed by atoms with Crippen molar-refractivity contribution in [2.45, 2.75) is 6.04 Å². The smallest absolute Gasteiger partial charge is 0.328 e. The van der Waals surface area contributed by atoms with Crippen molar-refractivity contribution in [1.82, 2.24) is 14.7 Å². The van der Waals surface area contributed by atoms with Gasteiger partial charge in [0, 0.05) is 19.8 Å². The number of carboxylic acid groups (broad SMARTS) is 1. The molecule has 1 N–H and O–H groups in total. The second-order valence-electron chi connectivity index (χ2n) is 3.80. The Balaban J connectivity index is 2.19. The van der Waals surface area contributed by atoms with Crippen molar-refractivity contribution in [2.75, 3.05) is 19.8 Å². The summed E-state index contributed by atoms with van der Waals surface area (Å²) >= 11 is 0. The first-order valence-corrected chi connectivity index (χ1v) is 5.21. The van der Waals surface area contributed by atoms with E-state index >= 15 is 0 Å². The molecule has 92 valence electrons. The number of aryl methyl sites for hydroxylation is 1. The zero-order valence-electron chi connectivity index (χ0n) is 9.37. The third kappa shape index (κ3) is 2.28. The first kappa shape index (κ1) is 11.6. The van der Waals surface area contributed by atoms with Gasteiger partial charge in [-0.25, -0.2) is 4.79 Å². The van der Waals surface area contributed by atoms with Crippen molar-refractivity contribution in [1.29, 1.82) is 0 Å². The van der Waals surface area contributed by atoms with Gasteiger partial charge < -0.3 is 14.7 Å². The molecule has 2 heterocycles. The number of morpholine rings is 1. The van der Waals surface area contributed by atoms with E-state index in [0.29, 0.717) is 6.61 Å². The summed E-state index contributed by atoms with van der Waals surface area (Å²) < 4.78 is 6.57. The van der Waals surface area contributed by atoms with E-state index in [1.807, 2.05) is 0 Å². The zero-order valence-corrected chi connectivity index (χ0v) is 9.37. The molecule has 7 heteroatoms. The molecule has 0 aromatic carbocycles. The van der Waals surface area contributed by atoms with Crippen molar-refractivity contribution in [3.05, 3.63) is 18.0 Å². The van der Waals surface area contributed by atoms with Gasteiger partial charge in [-0.3, -0.25) is 9.48 Å². The summed E-state index contributed by atoms with van der Waals surface area (Å²) in [6.07, 6.45) is 1.64. The standard InChI is InChI=1S/C10H13N3O4/c1-12-3-2-7(11-12)9(14)13-4-5-17-6-8(13)10(15)16/h2-3,8H,4-6H2,1H3,(H,15,16). The topological polar surface area (TPSA) is 84.7 Å². The predicted molar refractivity (Wildman–Crippen MR) is 56.5 cm³/mol. The van der Waals surface area contributed by atoms with Crippen LogP contribution in [0.3, 0.4) is 0 Å². The van der Waals surface area contributed by atoms with Crippen molar-refractivity contribution >= 4 is 11.9 Å². The molecule has 0 aliphatic carbocycles. The largest absolute Gasteiger partial charge is 0.480 e. The SMILES string of the molecule is Cn1ccc(C(=O)N2CCOCC2C(=O)O)n1. The van der Waals surface area contributed by atoms with Gasteiger partial charge >= 0.3 is 5.97 Å². The van der Waals surface area contributed by atoms with Crippen LogP contribution in [0.4, 0.5) is 0 Å². The minimum Gasteiger partial charge on any atom is -0.480 e. The van der Waals surface area contributed by atoms with Gasteiger partial charge in [0.2, 0.25) is 0 Å². The minimum absolute atomic E-state index is 0.0217. The molecule has 2 rings (SSSR count). The Bertz CT molecular complexity index is 443. The molecule has 0 saturated carbocycles. The van der Waals surface area contributed by atoms with Gasteiger partial charge in [-0.1, -0.05) is 0 Å². The lowest BCUT2D eigenvalue weighted by Crippen LogP contribution is -2.52. The first-order valence-electron chi connectivity index (χ1n) is 5.21. The molecule has 1 aliphatic heterocycles. The van der Waals surface area contributed by atoms with Gasteiger partial charge in [0.15, 0.2) is 6.04 Å². The van der Waals surface area contributed by atoms with E-state index in [2.05, 4.69) is 5.10 Å². The van der Waals surface area contributed by atoms with Gasteiger partial charge in [0.05, 0.1) is 13.2 Å². The molecule has 0 bridgehead atoms. The van der Waals surface area contributed by atoms with Crippen LogP contribution in [0, 0.1) is 0 Å². The van der Waals surface area contributed by atoms with Gasteiger partial charge in [0.1, 0.15) is 5.69 Å². The minimum atomic E-state index is -1.06. The van der Waals surface area contributed by atoms with E-state index in [9.17, 15) is 9.59 Å². The third-order valence-electron chi connectivity index (χ3n) is 2.61. The van der Waals surface area contributed by atoms with E-state index in [0.717, 1.165) is 0 Å². The Labute approximate surface area is 97.6 Å². The Morgan fingerprint density at radius 3 is 2.94 bits per heavy atom. The highest BCUT2D eigenvalue weighted by atomic mass is 16.5. The number of hydrogen-bond donors (Lipinski definition) is 1. The number of ether oxygens (including phenoxy) is 1. The van der Waals surface area contributed by atoms with Crippen LogP contribution >= 0.6 is 0 Å². The van der Waals surface area contributed by atoms with E-state index < -0.39 is 12.0 Å². The van der Waals surface area contributed by atoms with Gasteiger partial charge in [0.25, 0.3) is 5.91 Å². The highest BCUT2D eigenvalue weighted by molar-refractivity contribution is 5.95. The number of carbonyl (C=O) groups is 2. The monoisotopic (exact) mass is 239 g/mol. The van der Waals surface area contributed by atoms with Crippen LogP contribution < -0.4 is 0 Å². The number of hydrogen-bond acceptors (Lipinski definition) is 4. The van der Waals surface area contributed by atoms with Gasteiger partial charge in [-0.05, 0) is 6.07 Å². The highest BCUT2D eigenvalue weighted by Crippen LogP contribution is 2.11. The van der Waals surface area contributed by atoms with Crippen LogP contribution in [0.15, 0.2) is 12.3 Å². The van der Waals surface area contributed by atoms with Crippen LogP contribution in [0.25, 0.3) is 0 Å². The molecular weight excluding hydrogens is 226 g/mol. The Kier molecular flexibility index (Phi) is 3.10. The van der Waals surface area contributed by atoms with E-state index in [1.165, 1.54) is 9.58 Å². The summed E-state index contributed by atoms with van der Waals surface area (Å²) in [5.74, 6) is -1.43. The summed E-state index contributed by atoms with van der Waals surface area (Å²) in [4.78, 5) is 24.4. The van der Waals surface area contributed by atoms with Crippen molar-refractivity contribution in [3.8, 4) is 0 Å². The van der Waals surface area contributed by atoms with Gasteiger partial charge in [-0.2, -0.15) is 5.10 Å². The molecular formula is C10H13N3O4. The molecule has 1 amide bonds. The third-order valence-corrected chi connectivity index (χ3v) is 2.61. The maximum absolute atomic E-state index is 12.1. The molecule has 0 radical (unpaired) electrons. The van der Waals surface area contributed by atoms with Crippen molar-refractivity contribution in [3.63, 3.8) is 0 Å². The molecule has 1 fully saturated rings. The summed E-state index contributed by atoms with van der Waals surface area (Å²) in [5, 5.41) is 13.0. The fourth-order valence-corrected chi connectivity index (χ4v) is 1.73. The fourth-order valence-electron chi connectivity index (χ4n) is 1.73. The number of rotatable bonds is 2. The van der Waals surface area contributed by atoms with Crippen LogP contribution in [0.5, 0.6) is 0 Å². The quantitative estimate of drug-likeness (QED) is 0.741. The van der Waals surface area contributed by atoms with Crippen molar-refractivity contribution < 1.29 is 19.4 Å². The number of amides is 1. The maximum atomic E-state index is 12.1. The molecule has 1 aliphatic rings.